The summed E-state index contributed by atoms with van der Waals surface area (Å²) in [6, 6.07) is 6.56. The van der Waals surface area contributed by atoms with Crippen LogP contribution in [0.2, 0.25) is 0 Å². The third-order valence-corrected chi connectivity index (χ3v) is 4.61. The number of benzene rings is 1. The molecule has 1 aromatic carbocycles. The summed E-state index contributed by atoms with van der Waals surface area (Å²) < 4.78 is 0.911. The minimum atomic E-state index is -0.598. The average Bonchev–Trinajstić information content (AvgIpc) is 2.98. The van der Waals surface area contributed by atoms with Gasteiger partial charge in [-0.2, -0.15) is 10.2 Å². The number of carbonyl (C=O) groups is 2. The summed E-state index contributed by atoms with van der Waals surface area (Å²) in [7, 11) is 0. The van der Waals surface area contributed by atoms with Crippen LogP contribution in [0.1, 0.15) is 12.8 Å². The van der Waals surface area contributed by atoms with Crippen molar-refractivity contribution in [3.8, 4) is 0 Å². The molecule has 19 heavy (non-hydrogen) atoms. The predicted octanol–water partition coefficient (Wildman–Crippen LogP) is 2.31. The van der Waals surface area contributed by atoms with E-state index in [1.807, 2.05) is 12.1 Å². The zero-order valence-corrected chi connectivity index (χ0v) is 11.5. The minimum absolute atomic E-state index is 0.153. The van der Waals surface area contributed by atoms with Gasteiger partial charge in [-0.15, -0.1) is 0 Å². The highest BCUT2D eigenvalue weighted by Gasteiger charge is 2.67. The Hall–Kier alpha value is -1.56. The average molecular weight is 320 g/mol. The Labute approximate surface area is 117 Å². The lowest BCUT2D eigenvalue weighted by Gasteiger charge is -2.16. The van der Waals surface area contributed by atoms with Crippen molar-refractivity contribution in [3.63, 3.8) is 0 Å². The fourth-order valence-corrected chi connectivity index (χ4v) is 3.18. The fourth-order valence-electron chi connectivity index (χ4n) is 2.92. The van der Waals surface area contributed by atoms with Crippen LogP contribution in [0.5, 0.6) is 0 Å². The number of carbonyl (C=O) groups excluding carboxylic acids is 2. The van der Waals surface area contributed by atoms with Crippen molar-refractivity contribution in [1.29, 1.82) is 0 Å². The van der Waals surface area contributed by atoms with Crippen molar-refractivity contribution >= 4 is 33.4 Å². The molecule has 4 rings (SSSR count). The van der Waals surface area contributed by atoms with Gasteiger partial charge in [-0.3, -0.25) is 9.59 Å². The molecule has 0 N–H and O–H groups in total. The summed E-state index contributed by atoms with van der Waals surface area (Å²) in [4.78, 5) is 26.1. The van der Waals surface area contributed by atoms with E-state index in [0.717, 1.165) is 17.3 Å². The number of imide groups is 1. The molecule has 3 aliphatic rings. The zero-order valence-electron chi connectivity index (χ0n) is 9.91. The molecule has 1 saturated heterocycles. The summed E-state index contributed by atoms with van der Waals surface area (Å²) in [6.45, 7) is 0. The standard InChI is InChI=1S/C13H10BrN3O2/c14-7-1-3-8(4-2-7)17-11(18)9-10(12(17)19)15-16-13(9)5-6-13/h1-4,9-10H,5-6H2/t9-,10-/m1/s1. The first-order chi connectivity index (χ1) is 9.12. The molecule has 2 amide bonds. The second kappa shape index (κ2) is 3.50. The van der Waals surface area contributed by atoms with E-state index in [1.165, 1.54) is 4.90 Å². The molecule has 2 heterocycles. The molecule has 2 atom stereocenters. The van der Waals surface area contributed by atoms with E-state index in [4.69, 9.17) is 0 Å². The first-order valence-electron chi connectivity index (χ1n) is 6.18. The second-order valence-electron chi connectivity index (χ2n) is 5.23. The smallest absolute Gasteiger partial charge is 0.261 e. The summed E-state index contributed by atoms with van der Waals surface area (Å²) in [5.41, 5.74) is 0.250. The van der Waals surface area contributed by atoms with Crippen molar-refractivity contribution in [2.45, 2.75) is 24.4 Å². The van der Waals surface area contributed by atoms with Gasteiger partial charge in [-0.1, -0.05) is 15.9 Å². The van der Waals surface area contributed by atoms with E-state index < -0.39 is 6.04 Å². The molecule has 1 spiro atoms. The van der Waals surface area contributed by atoms with Crippen LogP contribution in [0.3, 0.4) is 0 Å². The number of rotatable bonds is 1. The molecule has 5 nitrogen and oxygen atoms in total. The van der Waals surface area contributed by atoms with Crippen LogP contribution in [-0.4, -0.2) is 23.4 Å². The molecule has 0 aromatic heterocycles. The number of hydrogen-bond acceptors (Lipinski definition) is 4. The maximum Gasteiger partial charge on any atom is 0.261 e. The van der Waals surface area contributed by atoms with Crippen LogP contribution in [0, 0.1) is 5.92 Å². The number of fused-ring (bicyclic) bond motifs is 2. The molecular weight excluding hydrogens is 310 g/mol. The summed E-state index contributed by atoms with van der Waals surface area (Å²) in [5, 5.41) is 8.20. The topological polar surface area (TPSA) is 62.1 Å². The monoisotopic (exact) mass is 319 g/mol. The van der Waals surface area contributed by atoms with Gasteiger partial charge in [0, 0.05) is 4.47 Å². The van der Waals surface area contributed by atoms with Crippen molar-refractivity contribution in [3.05, 3.63) is 28.7 Å². The highest BCUT2D eigenvalue weighted by Crippen LogP contribution is 2.55. The molecule has 1 saturated carbocycles. The Kier molecular flexibility index (Phi) is 2.08. The quantitative estimate of drug-likeness (QED) is 0.746. The number of amides is 2. The van der Waals surface area contributed by atoms with Crippen LogP contribution in [0.25, 0.3) is 0 Å². The third kappa shape index (κ3) is 1.40. The lowest BCUT2D eigenvalue weighted by Crippen LogP contribution is -2.33. The molecule has 6 heteroatoms. The number of anilines is 1. The largest absolute Gasteiger partial charge is 0.273 e. The minimum Gasteiger partial charge on any atom is -0.273 e. The van der Waals surface area contributed by atoms with Gasteiger partial charge in [-0.25, -0.2) is 4.90 Å². The lowest BCUT2D eigenvalue weighted by atomic mass is 9.94. The van der Waals surface area contributed by atoms with Crippen molar-refractivity contribution in [1.82, 2.24) is 0 Å². The van der Waals surface area contributed by atoms with Crippen LogP contribution < -0.4 is 4.90 Å². The first-order valence-corrected chi connectivity index (χ1v) is 6.97. The highest BCUT2D eigenvalue weighted by molar-refractivity contribution is 9.10. The molecule has 96 valence electrons. The summed E-state index contributed by atoms with van der Waals surface area (Å²) in [5.74, 6) is -0.770. The third-order valence-electron chi connectivity index (χ3n) is 4.08. The normalized spacial score (nSPS) is 30.3. The Morgan fingerprint density at radius 2 is 1.84 bits per heavy atom. The van der Waals surface area contributed by atoms with Crippen LogP contribution in [0.15, 0.2) is 39.0 Å². The van der Waals surface area contributed by atoms with Crippen LogP contribution >= 0.6 is 15.9 Å². The molecule has 0 unspecified atom stereocenters. The van der Waals surface area contributed by atoms with Crippen LogP contribution in [-0.2, 0) is 9.59 Å². The van der Waals surface area contributed by atoms with Gasteiger partial charge in [0.05, 0.1) is 17.1 Å². The number of azo groups is 1. The van der Waals surface area contributed by atoms with Gasteiger partial charge in [-0.05, 0) is 37.1 Å². The van der Waals surface area contributed by atoms with Crippen LogP contribution in [0.4, 0.5) is 5.69 Å². The number of halogens is 1. The van der Waals surface area contributed by atoms with E-state index in [-0.39, 0.29) is 23.3 Å². The van der Waals surface area contributed by atoms with Gasteiger partial charge >= 0.3 is 0 Å². The molecule has 2 fully saturated rings. The molecule has 1 aliphatic carbocycles. The van der Waals surface area contributed by atoms with Gasteiger partial charge in [0.2, 0.25) is 5.91 Å². The Bertz CT molecular complexity index is 621. The van der Waals surface area contributed by atoms with Crippen molar-refractivity contribution in [2.24, 2.45) is 16.1 Å². The maximum atomic E-state index is 12.5. The van der Waals surface area contributed by atoms with E-state index >= 15 is 0 Å². The highest BCUT2D eigenvalue weighted by atomic mass is 79.9. The van der Waals surface area contributed by atoms with Gasteiger partial charge in [0.1, 0.15) is 0 Å². The molecule has 0 radical (unpaired) electrons. The molecule has 2 aliphatic heterocycles. The molecular formula is C13H10BrN3O2. The van der Waals surface area contributed by atoms with E-state index in [9.17, 15) is 9.59 Å². The number of nitrogens with zero attached hydrogens (tertiary/aromatic N) is 3. The van der Waals surface area contributed by atoms with Gasteiger partial charge in [0.25, 0.3) is 5.91 Å². The Morgan fingerprint density at radius 1 is 1.16 bits per heavy atom. The second-order valence-corrected chi connectivity index (χ2v) is 6.15. The summed E-state index contributed by atoms with van der Waals surface area (Å²) in [6.07, 6.45) is 1.73. The molecule has 1 aromatic rings. The SMILES string of the molecule is O=C1[C@@H]2N=NC3(CC3)[C@H]2C(=O)N1c1ccc(Br)cc1. The lowest BCUT2D eigenvalue weighted by molar-refractivity contribution is -0.122. The fraction of sp³-hybridized carbons (Fsp3) is 0.385. The first kappa shape index (κ1) is 11.3. The summed E-state index contributed by atoms with van der Waals surface area (Å²) >= 11 is 3.34. The van der Waals surface area contributed by atoms with Gasteiger partial charge < -0.3 is 0 Å². The maximum absolute atomic E-state index is 12.5. The van der Waals surface area contributed by atoms with Crippen molar-refractivity contribution in [2.75, 3.05) is 4.90 Å². The molecule has 0 bridgehead atoms. The van der Waals surface area contributed by atoms with Crippen molar-refractivity contribution < 1.29 is 9.59 Å². The number of hydrogen-bond donors (Lipinski definition) is 0. The Balaban J connectivity index is 1.75. The van der Waals surface area contributed by atoms with E-state index in [1.54, 1.807) is 12.1 Å². The van der Waals surface area contributed by atoms with Gasteiger partial charge in [0.15, 0.2) is 6.04 Å². The predicted molar refractivity (Wildman–Crippen MR) is 70.7 cm³/mol. The Morgan fingerprint density at radius 3 is 2.47 bits per heavy atom. The zero-order chi connectivity index (χ0) is 13.2. The van der Waals surface area contributed by atoms with E-state index in [0.29, 0.717) is 5.69 Å². The van der Waals surface area contributed by atoms with E-state index in [2.05, 4.69) is 26.2 Å².